The van der Waals surface area contributed by atoms with Crippen LogP contribution in [0.25, 0.3) is 6.08 Å². The Hall–Kier alpha value is -2.82. The fourth-order valence-corrected chi connectivity index (χ4v) is 2.94. The SMILES string of the molecule is CC1CC1c1ccc(/C=C/C(=O)Nc2ccc(NC(=O)C3CC3)cc2)o1. The molecule has 1 aromatic heterocycles. The molecular weight excluding hydrogens is 328 g/mol. The number of anilines is 2. The Morgan fingerprint density at radius 1 is 1.04 bits per heavy atom. The molecule has 0 bridgehead atoms. The predicted molar refractivity (Wildman–Crippen MR) is 101 cm³/mol. The molecule has 2 N–H and O–H groups in total. The molecule has 0 spiro atoms. The number of rotatable bonds is 6. The van der Waals surface area contributed by atoms with E-state index in [0.29, 0.717) is 23.3 Å². The van der Waals surface area contributed by atoms with Gasteiger partial charge >= 0.3 is 0 Å². The van der Waals surface area contributed by atoms with Crippen molar-refractivity contribution in [2.24, 2.45) is 11.8 Å². The third-order valence-corrected chi connectivity index (χ3v) is 4.89. The summed E-state index contributed by atoms with van der Waals surface area (Å²) in [6.07, 6.45) is 6.26. The van der Waals surface area contributed by atoms with Gasteiger partial charge in [-0.1, -0.05) is 6.92 Å². The first-order valence-corrected chi connectivity index (χ1v) is 9.08. The van der Waals surface area contributed by atoms with Crippen molar-refractivity contribution in [3.05, 3.63) is 54.0 Å². The highest BCUT2D eigenvalue weighted by Crippen LogP contribution is 2.47. The average molecular weight is 350 g/mol. The molecule has 2 saturated carbocycles. The van der Waals surface area contributed by atoms with Gasteiger partial charge < -0.3 is 15.1 Å². The molecule has 2 amide bonds. The number of hydrogen-bond donors (Lipinski definition) is 2. The van der Waals surface area contributed by atoms with Crippen LogP contribution in [0.4, 0.5) is 11.4 Å². The van der Waals surface area contributed by atoms with E-state index in [2.05, 4.69) is 17.6 Å². The molecule has 2 aromatic rings. The standard InChI is InChI=1S/C21H22N2O3/c1-13-12-18(13)19-10-8-17(26-19)9-11-20(24)22-15-4-6-16(7-5-15)23-21(25)14-2-3-14/h4-11,13-14,18H,2-3,12H2,1H3,(H,22,24)(H,23,25)/b11-9+. The van der Waals surface area contributed by atoms with Gasteiger partial charge in [-0.05, 0) is 67.7 Å². The van der Waals surface area contributed by atoms with E-state index < -0.39 is 0 Å². The zero-order valence-corrected chi connectivity index (χ0v) is 14.7. The molecule has 2 atom stereocenters. The van der Waals surface area contributed by atoms with Gasteiger partial charge in [-0.2, -0.15) is 0 Å². The van der Waals surface area contributed by atoms with Crippen molar-refractivity contribution in [3.63, 3.8) is 0 Å². The second kappa shape index (κ2) is 6.83. The lowest BCUT2D eigenvalue weighted by molar-refractivity contribution is -0.117. The van der Waals surface area contributed by atoms with Crippen LogP contribution in [0.2, 0.25) is 0 Å². The lowest BCUT2D eigenvalue weighted by Gasteiger charge is -2.06. The number of furan rings is 1. The van der Waals surface area contributed by atoms with Crippen molar-refractivity contribution in [1.82, 2.24) is 0 Å². The van der Waals surface area contributed by atoms with Gasteiger partial charge in [0.1, 0.15) is 11.5 Å². The maximum atomic E-state index is 12.0. The minimum atomic E-state index is -0.225. The Kier molecular flexibility index (Phi) is 4.37. The summed E-state index contributed by atoms with van der Waals surface area (Å²) < 4.78 is 5.75. The van der Waals surface area contributed by atoms with Gasteiger partial charge in [0.05, 0.1) is 0 Å². The molecule has 0 saturated heterocycles. The maximum Gasteiger partial charge on any atom is 0.248 e. The molecule has 1 heterocycles. The number of amides is 2. The second-order valence-electron chi connectivity index (χ2n) is 7.22. The second-order valence-corrected chi connectivity index (χ2v) is 7.22. The minimum absolute atomic E-state index is 0.0723. The number of carbonyl (C=O) groups excluding carboxylic acids is 2. The van der Waals surface area contributed by atoms with E-state index in [0.717, 1.165) is 24.3 Å². The summed E-state index contributed by atoms with van der Waals surface area (Å²) in [4.78, 5) is 23.8. The predicted octanol–water partition coefficient (Wildman–Crippen LogP) is 4.40. The third-order valence-electron chi connectivity index (χ3n) is 4.89. The highest BCUT2D eigenvalue weighted by molar-refractivity contribution is 6.02. The Labute approximate surface area is 152 Å². The van der Waals surface area contributed by atoms with Crippen molar-refractivity contribution in [3.8, 4) is 0 Å². The van der Waals surface area contributed by atoms with Gasteiger partial charge in [0.25, 0.3) is 0 Å². The molecule has 5 nitrogen and oxygen atoms in total. The van der Waals surface area contributed by atoms with E-state index in [1.54, 1.807) is 30.3 Å². The summed E-state index contributed by atoms with van der Waals surface area (Å²) in [5, 5.41) is 5.67. The van der Waals surface area contributed by atoms with Gasteiger partial charge in [-0.3, -0.25) is 9.59 Å². The molecular formula is C21H22N2O3. The zero-order valence-electron chi connectivity index (χ0n) is 14.7. The molecule has 5 heteroatoms. The van der Waals surface area contributed by atoms with Crippen LogP contribution in [0.5, 0.6) is 0 Å². The van der Waals surface area contributed by atoms with Crippen LogP contribution in [0.15, 0.2) is 46.9 Å². The van der Waals surface area contributed by atoms with E-state index >= 15 is 0 Å². The highest BCUT2D eigenvalue weighted by atomic mass is 16.3. The van der Waals surface area contributed by atoms with Crippen LogP contribution < -0.4 is 10.6 Å². The van der Waals surface area contributed by atoms with Crippen LogP contribution >= 0.6 is 0 Å². The van der Waals surface area contributed by atoms with Gasteiger partial charge in [0.15, 0.2) is 0 Å². The number of nitrogens with one attached hydrogen (secondary N) is 2. The fraction of sp³-hybridized carbons (Fsp3) is 0.333. The number of benzene rings is 1. The number of hydrogen-bond acceptors (Lipinski definition) is 3. The van der Waals surface area contributed by atoms with Crippen molar-refractivity contribution in [2.75, 3.05) is 10.6 Å². The van der Waals surface area contributed by atoms with Crippen LogP contribution in [-0.2, 0) is 9.59 Å². The summed E-state index contributed by atoms with van der Waals surface area (Å²) >= 11 is 0. The maximum absolute atomic E-state index is 12.0. The first-order chi connectivity index (χ1) is 12.6. The quantitative estimate of drug-likeness (QED) is 0.758. The van der Waals surface area contributed by atoms with Gasteiger partial charge in [0, 0.05) is 29.3 Å². The first kappa shape index (κ1) is 16.6. The van der Waals surface area contributed by atoms with Crippen LogP contribution in [-0.4, -0.2) is 11.8 Å². The normalized spacial score (nSPS) is 21.6. The van der Waals surface area contributed by atoms with Crippen molar-refractivity contribution in [2.45, 2.75) is 32.1 Å². The van der Waals surface area contributed by atoms with Crippen LogP contribution in [0.3, 0.4) is 0 Å². The fourth-order valence-electron chi connectivity index (χ4n) is 2.94. The molecule has 0 radical (unpaired) electrons. The summed E-state index contributed by atoms with van der Waals surface area (Å²) in [5.41, 5.74) is 1.42. The molecule has 26 heavy (non-hydrogen) atoms. The first-order valence-electron chi connectivity index (χ1n) is 9.08. The molecule has 2 aliphatic rings. The lowest BCUT2D eigenvalue weighted by atomic mass is 10.2. The van der Waals surface area contributed by atoms with Gasteiger partial charge in [0.2, 0.25) is 11.8 Å². The van der Waals surface area contributed by atoms with E-state index in [-0.39, 0.29) is 17.7 Å². The molecule has 1 aromatic carbocycles. The average Bonchev–Trinajstić information content (AvgIpc) is 3.55. The number of carbonyl (C=O) groups is 2. The third kappa shape index (κ3) is 4.04. The van der Waals surface area contributed by atoms with E-state index in [1.807, 2.05) is 12.1 Å². The smallest absolute Gasteiger partial charge is 0.248 e. The molecule has 2 unspecified atom stereocenters. The monoisotopic (exact) mass is 350 g/mol. The lowest BCUT2D eigenvalue weighted by Crippen LogP contribution is -2.13. The van der Waals surface area contributed by atoms with Crippen LogP contribution in [0.1, 0.15) is 43.6 Å². The van der Waals surface area contributed by atoms with E-state index in [1.165, 1.54) is 12.5 Å². The minimum Gasteiger partial charge on any atom is -0.461 e. The Bertz CT molecular complexity index is 846. The van der Waals surface area contributed by atoms with Crippen molar-refractivity contribution >= 4 is 29.3 Å². The summed E-state index contributed by atoms with van der Waals surface area (Å²) in [6.45, 7) is 2.21. The van der Waals surface area contributed by atoms with Crippen molar-refractivity contribution in [1.29, 1.82) is 0 Å². The topological polar surface area (TPSA) is 71.3 Å². The molecule has 134 valence electrons. The summed E-state index contributed by atoms with van der Waals surface area (Å²) in [7, 11) is 0. The highest BCUT2D eigenvalue weighted by Gasteiger charge is 2.36. The Morgan fingerprint density at radius 3 is 2.31 bits per heavy atom. The largest absolute Gasteiger partial charge is 0.461 e. The molecule has 2 aliphatic carbocycles. The molecule has 4 rings (SSSR count). The molecule has 0 aliphatic heterocycles. The Balaban J connectivity index is 1.29. The molecule has 2 fully saturated rings. The van der Waals surface area contributed by atoms with Crippen LogP contribution in [0, 0.1) is 11.8 Å². The van der Waals surface area contributed by atoms with Gasteiger partial charge in [-0.15, -0.1) is 0 Å². The Morgan fingerprint density at radius 2 is 1.69 bits per heavy atom. The summed E-state index contributed by atoms with van der Waals surface area (Å²) in [5.74, 6) is 2.93. The zero-order chi connectivity index (χ0) is 18.1. The van der Waals surface area contributed by atoms with Crippen molar-refractivity contribution < 1.29 is 14.0 Å². The summed E-state index contributed by atoms with van der Waals surface area (Å²) in [6, 6.07) is 11.0. The van der Waals surface area contributed by atoms with E-state index in [4.69, 9.17) is 4.42 Å². The van der Waals surface area contributed by atoms with E-state index in [9.17, 15) is 9.59 Å². The van der Waals surface area contributed by atoms with Gasteiger partial charge in [-0.25, -0.2) is 0 Å².